The number of amides is 1. The third kappa shape index (κ3) is 1.32. The lowest BCUT2D eigenvalue weighted by Gasteiger charge is -2.43. The summed E-state index contributed by atoms with van der Waals surface area (Å²) < 4.78 is 4.75. The maximum absolute atomic E-state index is 11.4. The van der Waals surface area contributed by atoms with Crippen LogP contribution < -0.4 is 0 Å². The maximum Gasteiger partial charge on any atom is 0.410 e. The maximum atomic E-state index is 11.4. The molecule has 0 radical (unpaired) electrons. The number of hydrogen-bond donors (Lipinski definition) is 0. The predicted octanol–water partition coefficient (Wildman–Crippen LogP) is 1.79. The molecule has 2 atom stereocenters. The van der Waals surface area contributed by atoms with Crippen LogP contribution in [0.15, 0.2) is 11.6 Å². The third-order valence-electron chi connectivity index (χ3n) is 3.05. The molecule has 0 N–H and O–H groups in total. The average Bonchev–Trinajstić information content (AvgIpc) is 2.17. The fourth-order valence-corrected chi connectivity index (χ4v) is 2.41. The summed E-state index contributed by atoms with van der Waals surface area (Å²) in [6.07, 6.45) is 4.44. The minimum atomic E-state index is -0.179. The molecule has 1 amide bonds. The zero-order chi connectivity index (χ0) is 9.42. The topological polar surface area (TPSA) is 29.5 Å². The van der Waals surface area contributed by atoms with E-state index in [0.29, 0.717) is 12.0 Å². The Kier molecular flexibility index (Phi) is 2.02. The van der Waals surface area contributed by atoms with Gasteiger partial charge in [-0.15, -0.1) is 0 Å². The van der Waals surface area contributed by atoms with Gasteiger partial charge in [-0.05, 0) is 25.7 Å². The second-order valence-electron chi connectivity index (χ2n) is 3.89. The summed E-state index contributed by atoms with van der Waals surface area (Å²) in [5.41, 5.74) is 1.33. The van der Waals surface area contributed by atoms with Crippen LogP contribution in [0.2, 0.25) is 0 Å². The number of hydrogen-bond acceptors (Lipinski definition) is 2. The number of carbonyl (C=O) groups excluding carboxylic acids is 1. The average molecular weight is 181 g/mol. The number of methoxy groups -OCH3 is 1. The van der Waals surface area contributed by atoms with Crippen molar-refractivity contribution in [3.63, 3.8) is 0 Å². The Hall–Kier alpha value is -0.990. The fourth-order valence-electron chi connectivity index (χ4n) is 2.41. The van der Waals surface area contributed by atoms with Gasteiger partial charge in [0.2, 0.25) is 0 Å². The van der Waals surface area contributed by atoms with E-state index < -0.39 is 0 Å². The van der Waals surface area contributed by atoms with Crippen molar-refractivity contribution in [1.82, 2.24) is 4.90 Å². The molecule has 0 spiro atoms. The lowest BCUT2D eigenvalue weighted by molar-refractivity contribution is 0.0822. The summed E-state index contributed by atoms with van der Waals surface area (Å²) in [5, 5.41) is 0. The number of piperidine rings is 1. The van der Waals surface area contributed by atoms with Crippen molar-refractivity contribution in [3.8, 4) is 0 Å². The Labute approximate surface area is 78.4 Å². The monoisotopic (exact) mass is 181 g/mol. The van der Waals surface area contributed by atoms with Gasteiger partial charge in [0, 0.05) is 6.54 Å². The predicted molar refractivity (Wildman–Crippen MR) is 49.4 cm³/mol. The molecule has 0 aromatic carbocycles. The molecule has 2 aliphatic heterocycles. The Balaban J connectivity index is 2.18. The first kappa shape index (κ1) is 8.60. The third-order valence-corrected chi connectivity index (χ3v) is 3.05. The van der Waals surface area contributed by atoms with Gasteiger partial charge in [-0.2, -0.15) is 0 Å². The summed E-state index contributed by atoms with van der Waals surface area (Å²) in [7, 11) is 1.45. The first-order valence-corrected chi connectivity index (χ1v) is 4.75. The molecular formula is C10H15NO2. The molecule has 3 nitrogen and oxygen atoms in total. The first-order chi connectivity index (χ1) is 6.22. The Morgan fingerprint density at radius 2 is 2.38 bits per heavy atom. The van der Waals surface area contributed by atoms with Gasteiger partial charge in [0.05, 0.1) is 13.2 Å². The second kappa shape index (κ2) is 3.05. The minimum Gasteiger partial charge on any atom is -0.453 e. The molecule has 1 saturated heterocycles. The standard InChI is InChI=1S/C10H15NO2/c1-7-5-8-3-4-9(7)11(6-8)10(12)13-2/h5,8-9H,3-4,6H2,1-2H3. The van der Waals surface area contributed by atoms with E-state index in [4.69, 9.17) is 4.74 Å². The van der Waals surface area contributed by atoms with Crippen molar-refractivity contribution in [3.05, 3.63) is 11.6 Å². The van der Waals surface area contributed by atoms with Crippen LogP contribution in [-0.2, 0) is 4.74 Å². The van der Waals surface area contributed by atoms with Crippen LogP contribution >= 0.6 is 0 Å². The van der Waals surface area contributed by atoms with Crippen molar-refractivity contribution in [2.45, 2.75) is 25.8 Å². The molecule has 0 saturated carbocycles. The Bertz CT molecular complexity index is 260. The molecule has 3 heteroatoms. The normalized spacial score (nSPS) is 31.5. The lowest BCUT2D eigenvalue weighted by atomic mass is 9.82. The molecule has 1 fully saturated rings. The van der Waals surface area contributed by atoms with Crippen LogP contribution in [-0.4, -0.2) is 30.7 Å². The summed E-state index contributed by atoms with van der Waals surface area (Å²) in [6, 6.07) is 0.303. The number of rotatable bonds is 0. The zero-order valence-electron chi connectivity index (χ0n) is 8.12. The van der Waals surface area contributed by atoms with Crippen LogP contribution in [0, 0.1) is 5.92 Å². The van der Waals surface area contributed by atoms with Gasteiger partial charge in [-0.1, -0.05) is 11.6 Å². The number of nitrogens with zero attached hydrogens (tertiary/aromatic N) is 1. The molecule has 2 heterocycles. The Morgan fingerprint density at radius 3 is 2.92 bits per heavy atom. The Morgan fingerprint density at radius 1 is 1.62 bits per heavy atom. The number of fused-ring (bicyclic) bond motifs is 2. The quantitative estimate of drug-likeness (QED) is 0.533. The van der Waals surface area contributed by atoms with E-state index >= 15 is 0 Å². The molecule has 1 aliphatic carbocycles. The summed E-state index contributed by atoms with van der Waals surface area (Å²) in [5.74, 6) is 0.559. The van der Waals surface area contributed by atoms with Crippen LogP contribution in [0.1, 0.15) is 19.8 Å². The van der Waals surface area contributed by atoms with E-state index in [1.54, 1.807) is 0 Å². The SMILES string of the molecule is COC(=O)N1CC2C=C(C)C1CC2. The number of carbonyl (C=O) groups is 1. The summed E-state index contributed by atoms with van der Waals surface area (Å²) in [6.45, 7) is 2.95. The van der Waals surface area contributed by atoms with Crippen molar-refractivity contribution in [2.75, 3.05) is 13.7 Å². The van der Waals surface area contributed by atoms with Crippen LogP contribution in [0.5, 0.6) is 0 Å². The van der Waals surface area contributed by atoms with E-state index in [-0.39, 0.29) is 6.09 Å². The molecular weight excluding hydrogens is 166 g/mol. The molecule has 2 unspecified atom stereocenters. The minimum absolute atomic E-state index is 0.179. The lowest BCUT2D eigenvalue weighted by Crippen LogP contribution is -2.50. The number of ether oxygens (including phenoxy) is 1. The zero-order valence-corrected chi connectivity index (χ0v) is 8.12. The van der Waals surface area contributed by atoms with E-state index in [0.717, 1.165) is 13.0 Å². The van der Waals surface area contributed by atoms with Crippen molar-refractivity contribution >= 4 is 6.09 Å². The van der Waals surface area contributed by atoms with Gasteiger partial charge in [0.25, 0.3) is 0 Å². The fraction of sp³-hybridized carbons (Fsp3) is 0.700. The summed E-state index contributed by atoms with van der Waals surface area (Å²) >= 11 is 0. The van der Waals surface area contributed by atoms with Crippen molar-refractivity contribution in [1.29, 1.82) is 0 Å². The van der Waals surface area contributed by atoms with Gasteiger partial charge >= 0.3 is 6.09 Å². The van der Waals surface area contributed by atoms with Crippen molar-refractivity contribution < 1.29 is 9.53 Å². The highest BCUT2D eigenvalue weighted by Gasteiger charge is 2.36. The van der Waals surface area contributed by atoms with Gasteiger partial charge in [-0.3, -0.25) is 0 Å². The highest BCUT2D eigenvalue weighted by molar-refractivity contribution is 5.69. The van der Waals surface area contributed by atoms with Gasteiger partial charge < -0.3 is 9.64 Å². The van der Waals surface area contributed by atoms with Crippen LogP contribution in [0.25, 0.3) is 0 Å². The van der Waals surface area contributed by atoms with Gasteiger partial charge in [0.1, 0.15) is 0 Å². The highest BCUT2D eigenvalue weighted by atomic mass is 16.5. The molecule has 3 rings (SSSR count). The summed E-state index contributed by atoms with van der Waals surface area (Å²) in [4.78, 5) is 13.2. The van der Waals surface area contributed by atoms with Crippen LogP contribution in [0.4, 0.5) is 4.79 Å². The van der Waals surface area contributed by atoms with E-state index in [1.807, 2.05) is 4.90 Å². The second-order valence-corrected chi connectivity index (χ2v) is 3.89. The molecule has 3 aliphatic rings. The smallest absolute Gasteiger partial charge is 0.410 e. The van der Waals surface area contributed by atoms with E-state index in [9.17, 15) is 4.79 Å². The van der Waals surface area contributed by atoms with Gasteiger partial charge in [-0.25, -0.2) is 4.79 Å². The van der Waals surface area contributed by atoms with E-state index in [2.05, 4.69) is 13.0 Å². The first-order valence-electron chi connectivity index (χ1n) is 4.75. The molecule has 0 aromatic heterocycles. The largest absolute Gasteiger partial charge is 0.453 e. The van der Waals surface area contributed by atoms with Crippen LogP contribution in [0.3, 0.4) is 0 Å². The van der Waals surface area contributed by atoms with Crippen molar-refractivity contribution in [2.24, 2.45) is 5.92 Å². The molecule has 72 valence electrons. The molecule has 2 bridgehead atoms. The van der Waals surface area contributed by atoms with Gasteiger partial charge in [0.15, 0.2) is 0 Å². The highest BCUT2D eigenvalue weighted by Crippen LogP contribution is 2.34. The molecule has 0 aromatic rings. The molecule has 13 heavy (non-hydrogen) atoms. The van der Waals surface area contributed by atoms with E-state index in [1.165, 1.54) is 19.1 Å².